The number of piperidine rings is 3. The number of pyridine rings is 1. The fourth-order valence-electron chi connectivity index (χ4n) is 6.71. The number of aromatic nitrogens is 1. The van der Waals surface area contributed by atoms with Gasteiger partial charge in [-0.1, -0.05) is 6.08 Å². The Morgan fingerprint density at radius 2 is 1.81 bits per heavy atom. The van der Waals surface area contributed by atoms with Crippen LogP contribution in [0.5, 0.6) is 23.0 Å². The lowest BCUT2D eigenvalue weighted by atomic mass is 9.71. The second-order valence-electron chi connectivity index (χ2n) is 10.3. The Labute approximate surface area is 218 Å². The van der Waals surface area contributed by atoms with Crippen LogP contribution in [0.25, 0.3) is 10.9 Å². The molecule has 0 amide bonds. The standard InChI is InChI=1S/C30H37N2O5/c1-6-20-18-32(17-19-13-27(35-3)30(37-5)28(14-19)36-4)12-10-21(20)15-26(32)29(33)23-9-11-31-25-8-7-22(34-2)16-24(23)25/h6-9,11,13-14,16,20-21,26,29,33H,1,10,12,15,17-18H2,2-5H3/q+1/t20-,21-,26+,29+,32+/m0/s1. The number of fused-ring (bicyclic) bond motifs is 4. The number of aliphatic hydroxyl groups excluding tert-OH is 1. The first-order valence-corrected chi connectivity index (χ1v) is 12.8. The average Bonchev–Trinajstić information content (AvgIpc) is 2.95. The summed E-state index contributed by atoms with van der Waals surface area (Å²) >= 11 is 0. The van der Waals surface area contributed by atoms with Crippen molar-refractivity contribution in [1.82, 2.24) is 4.98 Å². The SMILES string of the molecule is C=C[C@H]1C[N@+]2(Cc3cc(OC)c(OC)c(OC)c3)CC[C@H]1C[C@@H]2[C@H](O)c1ccnc2ccc(OC)cc12. The van der Waals surface area contributed by atoms with Gasteiger partial charge in [-0.2, -0.15) is 0 Å². The van der Waals surface area contributed by atoms with Gasteiger partial charge < -0.3 is 28.5 Å². The molecule has 5 atom stereocenters. The van der Waals surface area contributed by atoms with Crippen molar-refractivity contribution in [2.24, 2.45) is 11.8 Å². The topological polar surface area (TPSA) is 70.0 Å². The van der Waals surface area contributed by atoms with E-state index in [0.29, 0.717) is 29.1 Å². The Morgan fingerprint density at radius 3 is 2.46 bits per heavy atom. The van der Waals surface area contributed by atoms with E-state index in [9.17, 15) is 5.11 Å². The maximum absolute atomic E-state index is 12.0. The molecule has 3 aliphatic heterocycles. The zero-order chi connectivity index (χ0) is 26.2. The zero-order valence-electron chi connectivity index (χ0n) is 22.1. The summed E-state index contributed by atoms with van der Waals surface area (Å²) in [6, 6.07) is 11.9. The maximum atomic E-state index is 12.0. The number of ether oxygens (including phenoxy) is 4. The van der Waals surface area contributed by atoms with E-state index in [4.69, 9.17) is 18.9 Å². The lowest BCUT2D eigenvalue weighted by Crippen LogP contribution is -2.67. The molecule has 7 nitrogen and oxygen atoms in total. The highest BCUT2D eigenvalue weighted by Crippen LogP contribution is 2.49. The minimum atomic E-state index is -0.645. The summed E-state index contributed by atoms with van der Waals surface area (Å²) in [7, 11) is 6.56. The third-order valence-corrected chi connectivity index (χ3v) is 8.56. The van der Waals surface area contributed by atoms with Crippen LogP contribution in [0.2, 0.25) is 0 Å². The van der Waals surface area contributed by atoms with E-state index < -0.39 is 6.10 Å². The molecule has 37 heavy (non-hydrogen) atoms. The first-order chi connectivity index (χ1) is 18.0. The van der Waals surface area contributed by atoms with Crippen molar-refractivity contribution in [2.75, 3.05) is 41.5 Å². The number of hydrogen-bond donors (Lipinski definition) is 1. The van der Waals surface area contributed by atoms with E-state index in [1.165, 1.54) is 0 Å². The minimum absolute atomic E-state index is 0.0332. The molecule has 1 aromatic heterocycles. The summed E-state index contributed by atoms with van der Waals surface area (Å²) in [5.41, 5.74) is 2.85. The molecule has 6 rings (SSSR count). The Hall–Kier alpha value is -3.29. The first kappa shape index (κ1) is 25.4. The Kier molecular flexibility index (Phi) is 7.01. The molecule has 3 aliphatic rings. The van der Waals surface area contributed by atoms with E-state index in [2.05, 4.69) is 17.6 Å². The van der Waals surface area contributed by atoms with Crippen molar-refractivity contribution in [3.05, 3.63) is 66.4 Å². The average molecular weight is 506 g/mol. The fraction of sp³-hybridized carbons (Fsp3) is 0.433. The molecule has 0 spiro atoms. The molecule has 2 aromatic carbocycles. The molecule has 7 heteroatoms. The van der Waals surface area contributed by atoms with Crippen LogP contribution in [-0.2, 0) is 6.54 Å². The molecular weight excluding hydrogens is 468 g/mol. The number of hydrogen-bond acceptors (Lipinski definition) is 6. The van der Waals surface area contributed by atoms with Crippen molar-refractivity contribution in [1.29, 1.82) is 0 Å². The van der Waals surface area contributed by atoms with Crippen molar-refractivity contribution in [3.8, 4) is 23.0 Å². The second kappa shape index (κ2) is 10.2. The van der Waals surface area contributed by atoms with E-state index >= 15 is 0 Å². The lowest BCUT2D eigenvalue weighted by Gasteiger charge is -2.58. The first-order valence-electron chi connectivity index (χ1n) is 12.8. The molecule has 3 fully saturated rings. The summed E-state index contributed by atoms with van der Waals surface area (Å²) in [5.74, 6) is 3.59. The van der Waals surface area contributed by atoms with Crippen molar-refractivity contribution >= 4 is 10.9 Å². The van der Waals surface area contributed by atoms with Gasteiger partial charge in [0.2, 0.25) is 5.75 Å². The van der Waals surface area contributed by atoms with Gasteiger partial charge >= 0.3 is 0 Å². The second-order valence-corrected chi connectivity index (χ2v) is 10.3. The molecule has 3 aromatic rings. The van der Waals surface area contributed by atoms with Crippen LogP contribution >= 0.6 is 0 Å². The summed E-state index contributed by atoms with van der Waals surface area (Å²) in [5, 5.41) is 13.0. The van der Waals surface area contributed by atoms with Crippen LogP contribution < -0.4 is 18.9 Å². The highest BCUT2D eigenvalue weighted by Gasteiger charge is 2.54. The third kappa shape index (κ3) is 4.40. The van der Waals surface area contributed by atoms with Crippen LogP contribution in [0.3, 0.4) is 0 Å². The zero-order valence-corrected chi connectivity index (χ0v) is 22.1. The van der Waals surface area contributed by atoms with Crippen LogP contribution in [0.15, 0.2) is 55.3 Å². The highest BCUT2D eigenvalue weighted by atomic mass is 16.5. The third-order valence-electron chi connectivity index (χ3n) is 8.56. The highest BCUT2D eigenvalue weighted by molar-refractivity contribution is 5.83. The summed E-state index contributed by atoms with van der Waals surface area (Å²) in [4.78, 5) is 4.53. The molecule has 0 radical (unpaired) electrons. The van der Waals surface area contributed by atoms with Gasteiger partial charge in [-0.25, -0.2) is 0 Å². The van der Waals surface area contributed by atoms with Gasteiger partial charge in [-0.15, -0.1) is 6.58 Å². The van der Waals surface area contributed by atoms with E-state index in [1.807, 2.05) is 36.4 Å². The Bertz CT molecular complexity index is 1270. The van der Waals surface area contributed by atoms with Gasteiger partial charge in [-0.05, 0) is 47.9 Å². The molecule has 3 saturated heterocycles. The predicted octanol–water partition coefficient (Wildman–Crippen LogP) is 4.91. The van der Waals surface area contributed by atoms with E-state index in [0.717, 1.165) is 64.7 Å². The van der Waals surface area contributed by atoms with Gasteiger partial charge in [0.05, 0.1) is 47.0 Å². The molecule has 0 unspecified atom stereocenters. The molecular formula is C30H37N2O5+. The smallest absolute Gasteiger partial charge is 0.203 e. The van der Waals surface area contributed by atoms with Gasteiger partial charge in [-0.3, -0.25) is 4.98 Å². The minimum Gasteiger partial charge on any atom is -0.497 e. The molecule has 0 aliphatic carbocycles. The number of nitrogens with zero attached hydrogens (tertiary/aromatic N) is 2. The maximum Gasteiger partial charge on any atom is 0.203 e. The van der Waals surface area contributed by atoms with Crippen LogP contribution in [-0.4, -0.2) is 62.1 Å². The number of methoxy groups -OCH3 is 4. The normalized spacial score (nSPS) is 25.5. The van der Waals surface area contributed by atoms with Crippen LogP contribution in [0.1, 0.15) is 30.1 Å². The van der Waals surface area contributed by atoms with Crippen molar-refractivity contribution in [2.45, 2.75) is 31.5 Å². The van der Waals surface area contributed by atoms with E-state index in [-0.39, 0.29) is 6.04 Å². The summed E-state index contributed by atoms with van der Waals surface area (Å²) in [6.07, 6.45) is 5.32. The van der Waals surface area contributed by atoms with Crippen molar-refractivity contribution < 1.29 is 28.5 Å². The molecule has 2 bridgehead atoms. The Morgan fingerprint density at radius 1 is 1.05 bits per heavy atom. The molecule has 1 N–H and O–H groups in total. The van der Waals surface area contributed by atoms with Gasteiger partial charge in [0.15, 0.2) is 11.5 Å². The number of benzene rings is 2. The molecule has 196 valence electrons. The molecule has 4 heterocycles. The number of rotatable bonds is 9. The van der Waals surface area contributed by atoms with E-state index in [1.54, 1.807) is 34.6 Å². The van der Waals surface area contributed by atoms with Crippen LogP contribution in [0.4, 0.5) is 0 Å². The van der Waals surface area contributed by atoms with Gasteiger partial charge in [0.25, 0.3) is 0 Å². The van der Waals surface area contributed by atoms with Gasteiger partial charge in [0.1, 0.15) is 24.4 Å². The fourth-order valence-corrected chi connectivity index (χ4v) is 6.71. The summed E-state index contributed by atoms with van der Waals surface area (Å²) < 4.78 is 23.1. The molecule has 0 saturated carbocycles. The van der Waals surface area contributed by atoms with Gasteiger partial charge in [0, 0.05) is 35.9 Å². The Balaban J connectivity index is 1.57. The quantitative estimate of drug-likeness (QED) is 0.329. The number of aliphatic hydroxyl groups is 1. The predicted molar refractivity (Wildman–Crippen MR) is 143 cm³/mol. The van der Waals surface area contributed by atoms with Crippen LogP contribution in [0, 0.1) is 11.8 Å². The monoisotopic (exact) mass is 505 g/mol. The number of quaternary nitrogens is 1. The summed E-state index contributed by atoms with van der Waals surface area (Å²) in [6.45, 7) is 6.85. The largest absolute Gasteiger partial charge is 0.497 e. The lowest BCUT2D eigenvalue weighted by molar-refractivity contribution is -0.984. The van der Waals surface area contributed by atoms with Crippen molar-refractivity contribution in [3.63, 3.8) is 0 Å².